The average molecular weight is 406 g/mol. The normalized spacial score (nSPS) is 21.8. The van der Waals surface area contributed by atoms with Crippen LogP contribution in [0, 0.1) is 0 Å². The molecule has 0 saturated carbocycles. The fourth-order valence-corrected chi connectivity index (χ4v) is 5.77. The SMILES string of the molecule is CCS(CC)(CC)OC(CCC=O)C1COC(C)(C)N1C(=O)OC(C)(C)C. The van der Waals surface area contributed by atoms with Crippen LogP contribution in [0.2, 0.25) is 0 Å². The number of aldehydes is 1. The van der Waals surface area contributed by atoms with Gasteiger partial charge in [-0.1, -0.05) is 20.8 Å². The Hall–Kier alpha value is -0.790. The molecule has 1 saturated heterocycles. The lowest BCUT2D eigenvalue weighted by atomic mass is 10.1. The van der Waals surface area contributed by atoms with Crippen molar-refractivity contribution in [2.24, 2.45) is 0 Å². The van der Waals surface area contributed by atoms with E-state index >= 15 is 0 Å². The molecule has 0 aromatic carbocycles. The molecule has 6 nitrogen and oxygen atoms in total. The van der Waals surface area contributed by atoms with Crippen molar-refractivity contribution in [1.29, 1.82) is 0 Å². The first-order chi connectivity index (χ1) is 12.4. The van der Waals surface area contributed by atoms with Crippen molar-refractivity contribution in [1.82, 2.24) is 4.90 Å². The molecule has 0 N–H and O–H groups in total. The standard InChI is InChI=1S/C20H39NO5S/c1-9-27(10-2,11-3)26-17(13-12-14-22)16-15-24-20(7,8)21(16)18(23)25-19(4,5)6/h14,16-17H,9-13,15H2,1-8H3. The van der Waals surface area contributed by atoms with Crippen LogP contribution in [0.25, 0.3) is 0 Å². The highest BCUT2D eigenvalue weighted by Gasteiger charge is 2.49. The first kappa shape index (κ1) is 24.2. The van der Waals surface area contributed by atoms with E-state index < -0.39 is 27.7 Å². The monoisotopic (exact) mass is 405 g/mol. The number of ether oxygens (including phenoxy) is 2. The molecule has 1 aliphatic heterocycles. The maximum Gasteiger partial charge on any atom is 0.412 e. The minimum absolute atomic E-state index is 0.251. The molecule has 2 atom stereocenters. The quantitative estimate of drug-likeness (QED) is 0.528. The summed E-state index contributed by atoms with van der Waals surface area (Å²) < 4.78 is 18.3. The topological polar surface area (TPSA) is 65.1 Å². The van der Waals surface area contributed by atoms with Gasteiger partial charge in [-0.05, 0) is 58.3 Å². The van der Waals surface area contributed by atoms with Crippen LogP contribution in [-0.4, -0.2) is 64.6 Å². The molecule has 0 spiro atoms. The van der Waals surface area contributed by atoms with Gasteiger partial charge in [0.05, 0.1) is 18.8 Å². The van der Waals surface area contributed by atoms with Gasteiger partial charge in [0, 0.05) is 6.42 Å². The van der Waals surface area contributed by atoms with Crippen molar-refractivity contribution in [2.45, 2.75) is 91.7 Å². The van der Waals surface area contributed by atoms with E-state index in [1.165, 1.54) is 0 Å². The van der Waals surface area contributed by atoms with Crippen LogP contribution in [-0.2, 0) is 18.5 Å². The third-order valence-corrected chi connectivity index (χ3v) is 8.83. The van der Waals surface area contributed by atoms with Crippen LogP contribution in [0.5, 0.6) is 0 Å². The zero-order valence-corrected chi connectivity index (χ0v) is 19.2. The molecule has 1 aliphatic rings. The van der Waals surface area contributed by atoms with E-state index in [4.69, 9.17) is 13.7 Å². The second-order valence-electron chi connectivity index (χ2n) is 8.39. The summed E-state index contributed by atoms with van der Waals surface area (Å²) in [6.07, 6.45) is 1.23. The van der Waals surface area contributed by atoms with Crippen molar-refractivity contribution in [3.8, 4) is 0 Å². The van der Waals surface area contributed by atoms with E-state index in [0.717, 1.165) is 23.5 Å². The van der Waals surface area contributed by atoms with Gasteiger partial charge in [-0.25, -0.2) is 4.79 Å². The molecule has 1 heterocycles. The van der Waals surface area contributed by atoms with Crippen molar-refractivity contribution in [3.05, 3.63) is 0 Å². The lowest BCUT2D eigenvalue weighted by molar-refractivity contribution is -0.108. The van der Waals surface area contributed by atoms with E-state index in [1.54, 1.807) is 4.90 Å². The Morgan fingerprint density at radius 1 is 1.26 bits per heavy atom. The smallest absolute Gasteiger partial charge is 0.412 e. The molecule has 0 bridgehead atoms. The number of amides is 1. The number of carbonyl (C=O) groups excluding carboxylic acids is 2. The Balaban J connectivity index is 3.17. The first-order valence-corrected chi connectivity index (χ1v) is 12.1. The fraction of sp³-hybridized carbons (Fsp3) is 0.900. The van der Waals surface area contributed by atoms with Gasteiger partial charge >= 0.3 is 6.09 Å². The summed E-state index contributed by atoms with van der Waals surface area (Å²) in [5.41, 5.74) is -1.37. The van der Waals surface area contributed by atoms with Gasteiger partial charge in [0.1, 0.15) is 17.6 Å². The molecule has 0 aliphatic carbocycles. The van der Waals surface area contributed by atoms with Crippen LogP contribution < -0.4 is 0 Å². The highest BCUT2D eigenvalue weighted by Crippen LogP contribution is 2.51. The molecule has 0 aromatic rings. The number of hydrogen-bond acceptors (Lipinski definition) is 5. The molecule has 1 fully saturated rings. The van der Waals surface area contributed by atoms with E-state index in [-0.39, 0.29) is 12.1 Å². The van der Waals surface area contributed by atoms with Gasteiger partial charge in [0.15, 0.2) is 0 Å². The van der Waals surface area contributed by atoms with Crippen LogP contribution in [0.4, 0.5) is 4.79 Å². The number of nitrogens with zero attached hydrogens (tertiary/aromatic N) is 1. The van der Waals surface area contributed by atoms with Crippen LogP contribution in [0.1, 0.15) is 68.2 Å². The van der Waals surface area contributed by atoms with Gasteiger partial charge in [-0.3, -0.25) is 4.90 Å². The third-order valence-electron chi connectivity index (χ3n) is 5.01. The summed E-state index contributed by atoms with van der Waals surface area (Å²) in [7, 11) is -1.25. The zero-order chi connectivity index (χ0) is 20.9. The Morgan fingerprint density at radius 2 is 1.81 bits per heavy atom. The molecule has 1 amide bonds. The van der Waals surface area contributed by atoms with Gasteiger partial charge < -0.3 is 18.5 Å². The molecule has 160 valence electrons. The van der Waals surface area contributed by atoms with E-state index in [2.05, 4.69) is 20.8 Å². The molecule has 1 rings (SSSR count). The average Bonchev–Trinajstić information content (AvgIpc) is 2.89. The predicted octanol–water partition coefficient (Wildman–Crippen LogP) is 4.50. The summed E-state index contributed by atoms with van der Waals surface area (Å²) in [6.45, 7) is 16.1. The summed E-state index contributed by atoms with van der Waals surface area (Å²) in [4.78, 5) is 25.7. The molecule has 7 heteroatoms. The van der Waals surface area contributed by atoms with Crippen molar-refractivity contribution >= 4 is 22.7 Å². The Morgan fingerprint density at radius 3 is 2.26 bits per heavy atom. The number of rotatable bonds is 9. The molecule has 27 heavy (non-hydrogen) atoms. The molecule has 0 aromatic heterocycles. The van der Waals surface area contributed by atoms with Crippen molar-refractivity contribution in [2.75, 3.05) is 23.9 Å². The zero-order valence-electron chi connectivity index (χ0n) is 18.4. The summed E-state index contributed by atoms with van der Waals surface area (Å²) in [6, 6.07) is -0.272. The summed E-state index contributed by atoms with van der Waals surface area (Å²) in [5, 5.41) is 0. The highest BCUT2D eigenvalue weighted by atomic mass is 32.3. The predicted molar refractivity (Wildman–Crippen MR) is 111 cm³/mol. The molecular formula is C20H39NO5S. The lowest BCUT2D eigenvalue weighted by Gasteiger charge is -2.44. The number of carbonyl (C=O) groups is 2. The van der Waals surface area contributed by atoms with Crippen molar-refractivity contribution in [3.63, 3.8) is 0 Å². The second-order valence-corrected chi connectivity index (χ2v) is 12.2. The van der Waals surface area contributed by atoms with Crippen molar-refractivity contribution < 1.29 is 23.2 Å². The molecule has 2 unspecified atom stereocenters. The Labute approximate surface area is 166 Å². The van der Waals surface area contributed by atoms with E-state index in [9.17, 15) is 9.59 Å². The van der Waals surface area contributed by atoms with Gasteiger partial charge in [0.25, 0.3) is 0 Å². The summed E-state index contributed by atoms with van der Waals surface area (Å²) in [5.74, 6) is 2.88. The van der Waals surface area contributed by atoms with Crippen LogP contribution in [0.3, 0.4) is 0 Å². The third kappa shape index (κ3) is 6.36. The highest BCUT2D eigenvalue weighted by molar-refractivity contribution is 8.29. The largest absolute Gasteiger partial charge is 0.444 e. The minimum Gasteiger partial charge on any atom is -0.444 e. The second kappa shape index (κ2) is 9.61. The van der Waals surface area contributed by atoms with Crippen LogP contribution in [0.15, 0.2) is 0 Å². The minimum atomic E-state index is -1.25. The van der Waals surface area contributed by atoms with E-state index in [0.29, 0.717) is 19.4 Å². The fourth-order valence-electron chi connectivity index (χ4n) is 3.39. The maximum absolute atomic E-state index is 12.9. The molecule has 0 radical (unpaired) electrons. The van der Waals surface area contributed by atoms with Gasteiger partial charge in [-0.2, -0.15) is 0 Å². The maximum atomic E-state index is 12.9. The summed E-state index contributed by atoms with van der Waals surface area (Å²) >= 11 is 0. The molecular weight excluding hydrogens is 366 g/mol. The van der Waals surface area contributed by atoms with Gasteiger partial charge in [0.2, 0.25) is 0 Å². The Bertz CT molecular complexity index is 491. The van der Waals surface area contributed by atoms with Crippen LogP contribution >= 0.6 is 10.3 Å². The number of hydrogen-bond donors (Lipinski definition) is 0. The van der Waals surface area contributed by atoms with E-state index in [1.807, 2.05) is 34.6 Å². The van der Waals surface area contributed by atoms with Gasteiger partial charge in [-0.15, -0.1) is 10.3 Å². The Kier molecular flexibility index (Phi) is 8.63. The first-order valence-electron chi connectivity index (χ1n) is 9.99. The lowest BCUT2D eigenvalue weighted by Crippen LogP contribution is -2.54.